The number of nitrogens with zero attached hydrogens (tertiary/aromatic N) is 3. The Hall–Kier alpha value is -3.36. The molecule has 2 aromatic carbocycles. The van der Waals surface area contributed by atoms with Crippen molar-refractivity contribution in [1.82, 2.24) is 14.8 Å². The van der Waals surface area contributed by atoms with Crippen LogP contribution in [0.5, 0.6) is 5.75 Å². The molecule has 0 spiro atoms. The highest BCUT2D eigenvalue weighted by molar-refractivity contribution is 6.08. The molecule has 33 heavy (non-hydrogen) atoms. The summed E-state index contributed by atoms with van der Waals surface area (Å²) in [5.41, 5.74) is 2.00. The highest BCUT2D eigenvalue weighted by Gasteiger charge is 2.23. The van der Waals surface area contributed by atoms with E-state index in [4.69, 9.17) is 5.11 Å². The molecule has 2 heterocycles. The standard InChI is InChI=1S/C25H30N4O4/c1-17(18-6-5-7-19(16-18)29-12-10-28(11-13-29)14-15-30)26-24(32)22-20-8-3-4-9-21(20)27(2)25(33)23(22)31/h3-9,16-17,30-31H,10-15H2,1-2H3,(H,26,32). The van der Waals surface area contributed by atoms with E-state index in [1.807, 2.05) is 19.1 Å². The second-order valence-corrected chi connectivity index (χ2v) is 8.45. The van der Waals surface area contributed by atoms with E-state index in [-0.39, 0.29) is 18.2 Å². The van der Waals surface area contributed by atoms with Gasteiger partial charge in [0.2, 0.25) is 0 Å². The van der Waals surface area contributed by atoms with E-state index in [1.54, 1.807) is 31.3 Å². The average molecular weight is 451 g/mol. The lowest BCUT2D eigenvalue weighted by Crippen LogP contribution is -2.47. The minimum absolute atomic E-state index is 0.00305. The number of hydrogen-bond donors (Lipinski definition) is 3. The number of anilines is 1. The molecule has 1 atom stereocenters. The van der Waals surface area contributed by atoms with Gasteiger partial charge in [0.25, 0.3) is 11.5 Å². The normalized spacial score (nSPS) is 15.5. The number of piperazine rings is 1. The first-order valence-electron chi connectivity index (χ1n) is 11.2. The third-order valence-electron chi connectivity index (χ3n) is 6.38. The van der Waals surface area contributed by atoms with Crippen LogP contribution in [0.25, 0.3) is 10.9 Å². The minimum Gasteiger partial charge on any atom is -0.502 e. The smallest absolute Gasteiger partial charge is 0.293 e. The zero-order valence-corrected chi connectivity index (χ0v) is 19.0. The summed E-state index contributed by atoms with van der Waals surface area (Å²) in [6.45, 7) is 6.29. The lowest BCUT2D eigenvalue weighted by Gasteiger charge is -2.36. The summed E-state index contributed by atoms with van der Waals surface area (Å²) < 4.78 is 1.34. The largest absolute Gasteiger partial charge is 0.502 e. The van der Waals surface area contributed by atoms with E-state index in [0.29, 0.717) is 17.4 Å². The van der Waals surface area contributed by atoms with Gasteiger partial charge < -0.3 is 25.0 Å². The Morgan fingerprint density at radius 2 is 1.82 bits per heavy atom. The third-order valence-corrected chi connectivity index (χ3v) is 6.38. The van der Waals surface area contributed by atoms with E-state index >= 15 is 0 Å². The average Bonchev–Trinajstić information content (AvgIpc) is 2.83. The summed E-state index contributed by atoms with van der Waals surface area (Å²) in [5.74, 6) is -1.03. The van der Waals surface area contributed by atoms with Crippen LogP contribution in [0, 0.1) is 0 Å². The zero-order chi connectivity index (χ0) is 23.5. The van der Waals surface area contributed by atoms with Gasteiger partial charge in [-0.1, -0.05) is 30.3 Å². The van der Waals surface area contributed by atoms with Crippen LogP contribution >= 0.6 is 0 Å². The van der Waals surface area contributed by atoms with Gasteiger partial charge in [-0.2, -0.15) is 0 Å². The first-order valence-corrected chi connectivity index (χ1v) is 11.2. The summed E-state index contributed by atoms with van der Waals surface area (Å²) in [7, 11) is 1.57. The van der Waals surface area contributed by atoms with Gasteiger partial charge in [-0.15, -0.1) is 0 Å². The summed E-state index contributed by atoms with van der Waals surface area (Å²) in [6, 6.07) is 14.8. The minimum atomic E-state index is -0.603. The molecule has 1 amide bonds. The highest BCUT2D eigenvalue weighted by Crippen LogP contribution is 2.26. The van der Waals surface area contributed by atoms with Gasteiger partial charge >= 0.3 is 0 Å². The molecule has 1 saturated heterocycles. The van der Waals surface area contributed by atoms with Crippen LogP contribution < -0.4 is 15.8 Å². The summed E-state index contributed by atoms with van der Waals surface area (Å²) in [4.78, 5) is 30.2. The molecule has 3 aromatic rings. The number of amides is 1. The Morgan fingerprint density at radius 3 is 2.55 bits per heavy atom. The van der Waals surface area contributed by atoms with Gasteiger partial charge in [-0.25, -0.2) is 0 Å². The van der Waals surface area contributed by atoms with Crippen molar-refractivity contribution in [2.24, 2.45) is 7.05 Å². The van der Waals surface area contributed by atoms with Gasteiger partial charge in [0.1, 0.15) is 0 Å². The van der Waals surface area contributed by atoms with Gasteiger partial charge in [0.05, 0.1) is 23.7 Å². The second-order valence-electron chi connectivity index (χ2n) is 8.45. The summed E-state index contributed by atoms with van der Waals surface area (Å²) in [6.07, 6.45) is 0. The SMILES string of the molecule is CC(NC(=O)c1c(O)c(=O)n(C)c2ccccc12)c1cccc(N2CCN(CCO)CC2)c1. The van der Waals surface area contributed by atoms with E-state index in [0.717, 1.165) is 37.4 Å². The molecule has 8 heteroatoms. The van der Waals surface area contributed by atoms with Crippen LogP contribution in [0.4, 0.5) is 5.69 Å². The van der Waals surface area contributed by atoms with Crippen molar-refractivity contribution in [3.05, 3.63) is 70.0 Å². The molecule has 0 aliphatic carbocycles. The fraction of sp³-hybridized carbons (Fsp3) is 0.360. The molecule has 174 valence electrons. The van der Waals surface area contributed by atoms with Crippen LogP contribution in [-0.2, 0) is 7.05 Å². The van der Waals surface area contributed by atoms with E-state index in [1.165, 1.54) is 4.57 Å². The molecular formula is C25H30N4O4. The number of β-amino-alcohol motifs (C(OH)–C–C–N with tert-alkyl or cyclic N) is 1. The Balaban J connectivity index is 1.54. The Kier molecular flexibility index (Phi) is 6.67. The first kappa shape index (κ1) is 22.8. The molecule has 1 fully saturated rings. The Bertz CT molecular complexity index is 1210. The van der Waals surface area contributed by atoms with Crippen LogP contribution in [0.15, 0.2) is 53.3 Å². The molecule has 1 aliphatic heterocycles. The molecule has 4 rings (SSSR count). The van der Waals surface area contributed by atoms with Gasteiger partial charge in [-0.05, 0) is 30.7 Å². The van der Waals surface area contributed by atoms with Crippen LogP contribution in [0.1, 0.15) is 28.9 Å². The van der Waals surface area contributed by atoms with Gasteiger partial charge in [0, 0.05) is 50.8 Å². The number of aryl methyl sites for hydroxylation is 1. The topological polar surface area (TPSA) is 98.0 Å². The number of hydrogen-bond acceptors (Lipinski definition) is 6. The molecular weight excluding hydrogens is 420 g/mol. The lowest BCUT2D eigenvalue weighted by molar-refractivity contribution is 0.0938. The molecule has 8 nitrogen and oxygen atoms in total. The maximum absolute atomic E-state index is 13.2. The van der Waals surface area contributed by atoms with Crippen LogP contribution in [-0.4, -0.2) is 64.9 Å². The predicted octanol–water partition coefficient (Wildman–Crippen LogP) is 1.85. The monoisotopic (exact) mass is 450 g/mol. The van der Waals surface area contributed by atoms with E-state index in [2.05, 4.69) is 27.2 Å². The van der Waals surface area contributed by atoms with Crippen molar-refractivity contribution < 1.29 is 15.0 Å². The molecule has 0 saturated carbocycles. The van der Waals surface area contributed by atoms with Gasteiger partial charge in [0.15, 0.2) is 5.75 Å². The summed E-state index contributed by atoms with van der Waals surface area (Å²) >= 11 is 0. The number of aromatic nitrogens is 1. The zero-order valence-electron chi connectivity index (χ0n) is 19.0. The van der Waals surface area contributed by atoms with Crippen LogP contribution in [0.2, 0.25) is 0 Å². The second kappa shape index (κ2) is 9.64. The molecule has 0 radical (unpaired) electrons. The molecule has 1 unspecified atom stereocenters. The molecule has 0 bridgehead atoms. The van der Waals surface area contributed by atoms with Crippen molar-refractivity contribution in [2.45, 2.75) is 13.0 Å². The number of aliphatic hydroxyl groups excluding tert-OH is 1. The number of aromatic hydroxyl groups is 1. The fourth-order valence-corrected chi connectivity index (χ4v) is 4.42. The quantitative estimate of drug-likeness (QED) is 0.530. The number of benzene rings is 2. The van der Waals surface area contributed by atoms with Crippen molar-refractivity contribution in [1.29, 1.82) is 0 Å². The Morgan fingerprint density at radius 1 is 1.09 bits per heavy atom. The van der Waals surface area contributed by atoms with Crippen molar-refractivity contribution in [2.75, 3.05) is 44.2 Å². The number of pyridine rings is 1. The first-order chi connectivity index (χ1) is 15.9. The van der Waals surface area contributed by atoms with Crippen LogP contribution in [0.3, 0.4) is 0 Å². The number of nitrogens with one attached hydrogen (secondary N) is 1. The molecule has 3 N–H and O–H groups in total. The number of para-hydroxylation sites is 1. The van der Waals surface area contributed by atoms with E-state index in [9.17, 15) is 14.7 Å². The Labute approximate surface area is 192 Å². The highest BCUT2D eigenvalue weighted by atomic mass is 16.3. The lowest BCUT2D eigenvalue weighted by atomic mass is 10.0. The van der Waals surface area contributed by atoms with Crippen molar-refractivity contribution in [3.63, 3.8) is 0 Å². The van der Waals surface area contributed by atoms with E-state index < -0.39 is 17.2 Å². The van der Waals surface area contributed by atoms with Crippen molar-refractivity contribution >= 4 is 22.5 Å². The number of rotatable bonds is 6. The number of carbonyl (C=O) groups excluding carboxylic acids is 1. The van der Waals surface area contributed by atoms with Crippen molar-refractivity contribution in [3.8, 4) is 5.75 Å². The maximum atomic E-state index is 13.2. The number of aliphatic hydroxyl groups is 1. The molecule has 1 aliphatic rings. The third kappa shape index (κ3) is 4.58. The number of fused-ring (bicyclic) bond motifs is 1. The molecule has 1 aromatic heterocycles. The maximum Gasteiger partial charge on any atom is 0.293 e. The summed E-state index contributed by atoms with van der Waals surface area (Å²) in [5, 5.41) is 23.1. The predicted molar refractivity (Wildman–Crippen MR) is 129 cm³/mol. The number of carbonyl (C=O) groups is 1. The fourth-order valence-electron chi connectivity index (χ4n) is 4.42. The van der Waals surface area contributed by atoms with Gasteiger partial charge in [-0.3, -0.25) is 14.5 Å².